The lowest BCUT2D eigenvalue weighted by Gasteiger charge is -2.20. The van der Waals surface area contributed by atoms with E-state index in [9.17, 15) is 14.0 Å². The van der Waals surface area contributed by atoms with Crippen molar-refractivity contribution in [1.82, 2.24) is 5.01 Å². The number of carbonyl (C=O) groups is 2. The number of carbonyl (C=O) groups excluding carboxylic acids is 2. The monoisotopic (exact) mass is 460 g/mol. The van der Waals surface area contributed by atoms with E-state index in [1.807, 2.05) is 0 Å². The molecule has 2 aliphatic heterocycles. The molecule has 1 aromatic heterocycles. The first-order valence-electron chi connectivity index (χ1n) is 9.60. The number of amidine groups is 2. The van der Waals surface area contributed by atoms with Crippen LogP contribution in [0.25, 0.3) is 6.08 Å². The average Bonchev–Trinajstić information content (AvgIpc) is 3.49. The number of amides is 1. The predicted octanol–water partition coefficient (Wildman–Crippen LogP) is 4.31. The molecule has 3 aromatic rings. The summed E-state index contributed by atoms with van der Waals surface area (Å²) in [4.78, 5) is 28.6. The molecule has 0 spiro atoms. The van der Waals surface area contributed by atoms with Gasteiger partial charge >= 0.3 is 5.97 Å². The fraction of sp³-hybridized carbons (Fsp3) is 0. The molecule has 1 amide bonds. The van der Waals surface area contributed by atoms with Gasteiger partial charge in [-0.3, -0.25) is 10.2 Å². The van der Waals surface area contributed by atoms with E-state index < -0.39 is 11.9 Å². The highest BCUT2D eigenvalue weighted by molar-refractivity contribution is 8.27. The largest absolute Gasteiger partial charge is 0.457 e. The summed E-state index contributed by atoms with van der Waals surface area (Å²) in [6, 6.07) is 15.3. The van der Waals surface area contributed by atoms with E-state index in [1.54, 1.807) is 42.5 Å². The van der Waals surface area contributed by atoms with Crippen LogP contribution >= 0.6 is 11.8 Å². The van der Waals surface area contributed by atoms with E-state index >= 15 is 0 Å². The summed E-state index contributed by atoms with van der Waals surface area (Å²) in [5.74, 6) is -1.30. The van der Waals surface area contributed by atoms with E-state index in [4.69, 9.17) is 14.6 Å². The molecular weight excluding hydrogens is 447 g/mol. The second-order valence-corrected chi connectivity index (χ2v) is 7.82. The first-order chi connectivity index (χ1) is 16.0. The minimum absolute atomic E-state index is 0.0591. The molecule has 2 aliphatic rings. The van der Waals surface area contributed by atoms with Crippen molar-refractivity contribution < 1.29 is 23.1 Å². The Morgan fingerprint density at radius 3 is 2.58 bits per heavy atom. The van der Waals surface area contributed by atoms with Gasteiger partial charge in [0.05, 0.1) is 11.8 Å². The lowest BCUT2D eigenvalue weighted by molar-refractivity contribution is -0.114. The molecule has 0 aliphatic carbocycles. The lowest BCUT2D eigenvalue weighted by Crippen LogP contribution is -2.35. The Hall–Kier alpha value is -4.31. The molecule has 0 atom stereocenters. The number of ether oxygens (including phenoxy) is 1. The van der Waals surface area contributed by atoms with Gasteiger partial charge in [-0.1, -0.05) is 12.1 Å². The Morgan fingerprint density at radius 1 is 1.12 bits per heavy atom. The second-order valence-electron chi connectivity index (χ2n) is 6.87. The molecule has 0 fully saturated rings. The number of thioether (sulfide) groups is 1. The summed E-state index contributed by atoms with van der Waals surface area (Å²) in [5, 5.41) is 14.9. The number of nitrogens with one attached hydrogen (secondary N) is 1. The lowest BCUT2D eigenvalue weighted by atomic mass is 10.1. The van der Waals surface area contributed by atoms with Crippen molar-refractivity contribution in [2.24, 2.45) is 10.1 Å². The SMILES string of the molecule is N=C1C(=Cc2ccc(OC(=O)c3ccco3)cc2)C(=O)N=C2SC(c3ccc(F)cc3)=NN12. The molecule has 33 heavy (non-hydrogen) atoms. The normalized spacial score (nSPS) is 16.5. The number of benzene rings is 2. The zero-order valence-corrected chi connectivity index (χ0v) is 17.5. The predicted molar refractivity (Wildman–Crippen MR) is 121 cm³/mol. The Bertz CT molecular complexity index is 1360. The molecule has 1 N–H and O–H groups in total. The maximum Gasteiger partial charge on any atom is 0.379 e. The fourth-order valence-corrected chi connectivity index (χ4v) is 3.95. The van der Waals surface area contributed by atoms with Crippen LogP contribution in [0.5, 0.6) is 5.75 Å². The number of fused-ring (bicyclic) bond motifs is 1. The van der Waals surface area contributed by atoms with E-state index in [2.05, 4.69) is 10.1 Å². The molecule has 0 radical (unpaired) electrons. The van der Waals surface area contributed by atoms with Crippen LogP contribution in [0.3, 0.4) is 0 Å². The smallest absolute Gasteiger partial charge is 0.379 e. The quantitative estimate of drug-likeness (QED) is 0.353. The number of rotatable bonds is 4. The summed E-state index contributed by atoms with van der Waals surface area (Å²) in [5.41, 5.74) is 1.32. The molecular formula is C23H13FN4O4S. The Balaban J connectivity index is 1.35. The van der Waals surface area contributed by atoms with Gasteiger partial charge in [0.2, 0.25) is 10.9 Å². The number of hydrogen-bond acceptors (Lipinski definition) is 7. The minimum Gasteiger partial charge on any atom is -0.457 e. The standard InChI is InChI=1S/C23H13FN4O4S/c24-15-7-5-14(6-8-15)21-27-28-19(25)17(20(29)26-23(28)33-21)12-13-3-9-16(10-4-13)32-22(30)18-2-1-11-31-18/h1-12,25H. The number of halogens is 1. The Labute approximate surface area is 190 Å². The van der Waals surface area contributed by atoms with Crippen LogP contribution in [-0.2, 0) is 4.79 Å². The summed E-state index contributed by atoms with van der Waals surface area (Å²) in [6.45, 7) is 0. The first-order valence-corrected chi connectivity index (χ1v) is 10.4. The molecule has 162 valence electrons. The van der Waals surface area contributed by atoms with Crippen LogP contribution in [0, 0.1) is 11.2 Å². The van der Waals surface area contributed by atoms with Gasteiger partial charge in [-0.05, 0) is 71.9 Å². The molecule has 0 unspecified atom stereocenters. The van der Waals surface area contributed by atoms with Gasteiger partial charge in [0.15, 0.2) is 5.84 Å². The van der Waals surface area contributed by atoms with Crippen molar-refractivity contribution in [2.45, 2.75) is 0 Å². The van der Waals surface area contributed by atoms with E-state index in [1.165, 1.54) is 35.5 Å². The molecule has 0 bridgehead atoms. The van der Waals surface area contributed by atoms with Gasteiger partial charge in [-0.2, -0.15) is 15.1 Å². The average molecular weight is 460 g/mol. The van der Waals surface area contributed by atoms with Crippen molar-refractivity contribution in [3.63, 3.8) is 0 Å². The van der Waals surface area contributed by atoms with Crippen molar-refractivity contribution >= 4 is 45.8 Å². The van der Waals surface area contributed by atoms with Gasteiger partial charge in [0.25, 0.3) is 5.91 Å². The van der Waals surface area contributed by atoms with Gasteiger partial charge < -0.3 is 9.15 Å². The van der Waals surface area contributed by atoms with Crippen LogP contribution in [-0.4, -0.2) is 32.9 Å². The fourth-order valence-electron chi connectivity index (χ4n) is 3.05. The highest BCUT2D eigenvalue weighted by atomic mass is 32.2. The van der Waals surface area contributed by atoms with Crippen molar-refractivity contribution in [3.05, 3.63) is 95.2 Å². The van der Waals surface area contributed by atoms with E-state index in [0.717, 1.165) is 11.8 Å². The number of esters is 1. The molecule has 5 rings (SSSR count). The second kappa shape index (κ2) is 8.32. The van der Waals surface area contributed by atoms with Gasteiger partial charge in [-0.25, -0.2) is 9.18 Å². The van der Waals surface area contributed by atoms with E-state index in [-0.39, 0.29) is 28.2 Å². The van der Waals surface area contributed by atoms with Crippen LogP contribution < -0.4 is 4.74 Å². The van der Waals surface area contributed by atoms with Gasteiger partial charge in [0, 0.05) is 5.56 Å². The van der Waals surface area contributed by atoms with Gasteiger partial charge in [0.1, 0.15) is 16.6 Å². The Kier molecular flexibility index (Phi) is 5.19. The van der Waals surface area contributed by atoms with Crippen molar-refractivity contribution in [2.75, 3.05) is 0 Å². The van der Waals surface area contributed by atoms with Crippen LogP contribution in [0.4, 0.5) is 4.39 Å². The molecule has 10 heteroatoms. The maximum absolute atomic E-state index is 13.2. The molecule has 3 heterocycles. The van der Waals surface area contributed by atoms with Crippen molar-refractivity contribution in [1.29, 1.82) is 5.41 Å². The van der Waals surface area contributed by atoms with Crippen LogP contribution in [0.15, 0.2) is 87.0 Å². The summed E-state index contributed by atoms with van der Waals surface area (Å²) >= 11 is 1.13. The van der Waals surface area contributed by atoms with Crippen LogP contribution in [0.1, 0.15) is 21.7 Å². The third-order valence-electron chi connectivity index (χ3n) is 4.67. The molecule has 0 saturated heterocycles. The first kappa shape index (κ1) is 20.6. The minimum atomic E-state index is -0.626. The van der Waals surface area contributed by atoms with E-state index in [0.29, 0.717) is 21.9 Å². The third-order valence-corrected chi connectivity index (χ3v) is 5.63. The molecule has 8 nitrogen and oxygen atoms in total. The zero-order chi connectivity index (χ0) is 22.9. The number of nitrogens with zero attached hydrogens (tertiary/aromatic N) is 3. The summed E-state index contributed by atoms with van der Waals surface area (Å²) in [6.07, 6.45) is 2.89. The van der Waals surface area contributed by atoms with Crippen LogP contribution in [0.2, 0.25) is 0 Å². The van der Waals surface area contributed by atoms with Gasteiger partial charge in [-0.15, -0.1) is 0 Å². The molecule has 0 saturated carbocycles. The van der Waals surface area contributed by atoms with Crippen molar-refractivity contribution in [3.8, 4) is 5.75 Å². The number of hydrazone groups is 1. The highest BCUT2D eigenvalue weighted by Gasteiger charge is 2.36. The third kappa shape index (κ3) is 4.11. The highest BCUT2D eigenvalue weighted by Crippen LogP contribution is 2.31. The number of aliphatic imine (C=N–C) groups is 1. The summed E-state index contributed by atoms with van der Waals surface area (Å²) in [7, 11) is 0. The topological polar surface area (TPSA) is 108 Å². The summed E-state index contributed by atoms with van der Waals surface area (Å²) < 4.78 is 23.4. The molecule has 2 aromatic carbocycles. The Morgan fingerprint density at radius 2 is 1.88 bits per heavy atom. The number of hydrogen-bond donors (Lipinski definition) is 1. The zero-order valence-electron chi connectivity index (χ0n) is 16.7. The maximum atomic E-state index is 13.2. The number of furan rings is 1.